The average molecular weight is 339 g/mol. The molecule has 0 aliphatic carbocycles. The molecule has 1 amide bonds. The lowest BCUT2D eigenvalue weighted by Crippen LogP contribution is -2.23. The van der Waals surface area contributed by atoms with E-state index in [1.165, 1.54) is 11.8 Å². The molecule has 2 aromatic rings. The van der Waals surface area contributed by atoms with Crippen LogP contribution in [0.3, 0.4) is 0 Å². The molecule has 0 spiro atoms. The molecule has 1 aromatic heterocycles. The van der Waals surface area contributed by atoms with Gasteiger partial charge in [0.2, 0.25) is 5.91 Å². The van der Waals surface area contributed by atoms with Gasteiger partial charge in [0.25, 0.3) is 0 Å². The molecule has 0 saturated carbocycles. The molecule has 0 bridgehead atoms. The van der Waals surface area contributed by atoms with Crippen molar-refractivity contribution in [2.75, 3.05) is 11.9 Å². The predicted octanol–water partition coefficient (Wildman–Crippen LogP) is 3.49. The first-order valence-electron chi connectivity index (χ1n) is 7.91. The molecule has 2 heterocycles. The number of nitrogens with zero attached hydrogens (tertiary/aromatic N) is 1. The zero-order chi connectivity index (χ0) is 16.9. The van der Waals surface area contributed by atoms with Gasteiger partial charge in [-0.05, 0) is 35.7 Å². The highest BCUT2D eigenvalue weighted by atomic mass is 32.2. The maximum Gasteiger partial charge on any atom is 0.238 e. The van der Waals surface area contributed by atoms with Crippen molar-refractivity contribution < 1.29 is 4.79 Å². The van der Waals surface area contributed by atoms with Crippen LogP contribution in [0, 0.1) is 0 Å². The Morgan fingerprint density at radius 3 is 2.71 bits per heavy atom. The molecule has 24 heavy (non-hydrogen) atoms. The number of carbonyl (C=O) groups excluding carboxylic acids is 1. The van der Waals surface area contributed by atoms with E-state index in [4.69, 9.17) is 0 Å². The summed E-state index contributed by atoms with van der Waals surface area (Å²) in [5, 5.41) is 6.85. The van der Waals surface area contributed by atoms with E-state index in [0.29, 0.717) is 0 Å². The van der Waals surface area contributed by atoms with Crippen molar-refractivity contribution in [2.24, 2.45) is 0 Å². The van der Waals surface area contributed by atoms with Crippen LogP contribution in [0.2, 0.25) is 0 Å². The van der Waals surface area contributed by atoms with Crippen LogP contribution < -0.4 is 10.6 Å². The van der Waals surface area contributed by atoms with Crippen LogP contribution in [0.1, 0.15) is 11.1 Å². The lowest BCUT2D eigenvalue weighted by atomic mass is 10.1. The minimum absolute atomic E-state index is 0.0535. The molecular weight excluding hydrogens is 318 g/mol. The van der Waals surface area contributed by atoms with Gasteiger partial charge in [-0.25, -0.2) is 0 Å². The number of carbonyl (C=O) groups is 1. The SMILES string of the molecule is C=Cc1ccn(CCNc2ccc(CC3SC(=C)NC3=O)cc2)c1. The zero-order valence-electron chi connectivity index (χ0n) is 13.5. The van der Waals surface area contributed by atoms with Crippen molar-refractivity contribution in [3.05, 3.63) is 72.0 Å². The summed E-state index contributed by atoms with van der Waals surface area (Å²) in [6, 6.07) is 10.3. The van der Waals surface area contributed by atoms with Gasteiger partial charge < -0.3 is 15.2 Å². The second-order valence-corrected chi connectivity index (χ2v) is 7.03. The summed E-state index contributed by atoms with van der Waals surface area (Å²) >= 11 is 1.51. The number of aromatic nitrogens is 1. The van der Waals surface area contributed by atoms with E-state index in [1.54, 1.807) is 0 Å². The minimum Gasteiger partial charge on any atom is -0.383 e. The third-order valence-electron chi connectivity index (χ3n) is 3.92. The van der Waals surface area contributed by atoms with E-state index in [-0.39, 0.29) is 11.2 Å². The Hall–Kier alpha value is -2.40. The van der Waals surface area contributed by atoms with Gasteiger partial charge in [0.1, 0.15) is 0 Å². The quantitative estimate of drug-likeness (QED) is 0.812. The van der Waals surface area contributed by atoms with Gasteiger partial charge >= 0.3 is 0 Å². The summed E-state index contributed by atoms with van der Waals surface area (Å²) in [4.78, 5) is 11.7. The van der Waals surface area contributed by atoms with E-state index in [0.717, 1.165) is 41.4 Å². The van der Waals surface area contributed by atoms with Crippen LogP contribution in [-0.4, -0.2) is 22.3 Å². The van der Waals surface area contributed by atoms with Crippen LogP contribution in [-0.2, 0) is 17.8 Å². The van der Waals surface area contributed by atoms with Gasteiger partial charge in [-0.2, -0.15) is 0 Å². The molecule has 2 N–H and O–H groups in total. The second kappa shape index (κ2) is 7.45. The number of benzene rings is 1. The summed E-state index contributed by atoms with van der Waals surface area (Å²) in [6.07, 6.45) is 6.71. The normalized spacial score (nSPS) is 16.9. The zero-order valence-corrected chi connectivity index (χ0v) is 14.3. The lowest BCUT2D eigenvalue weighted by molar-refractivity contribution is -0.119. The molecule has 1 aliphatic rings. The number of thioether (sulfide) groups is 1. The molecule has 1 saturated heterocycles. The van der Waals surface area contributed by atoms with Crippen molar-refractivity contribution >= 4 is 29.4 Å². The maximum absolute atomic E-state index is 11.7. The molecule has 0 radical (unpaired) electrons. The van der Waals surface area contributed by atoms with Gasteiger partial charge in [-0.1, -0.05) is 43.1 Å². The standard InChI is InChI=1S/C19H21N3OS/c1-3-15-8-10-22(13-15)11-9-20-17-6-4-16(5-7-17)12-18-19(23)21-14(2)24-18/h3-8,10,13,18,20H,1-2,9,11-12H2,(H,21,23). The van der Waals surface area contributed by atoms with Crippen molar-refractivity contribution in [3.8, 4) is 0 Å². The third kappa shape index (κ3) is 4.11. The number of anilines is 1. The highest BCUT2D eigenvalue weighted by Gasteiger charge is 2.27. The van der Waals surface area contributed by atoms with Crippen molar-refractivity contribution in [1.29, 1.82) is 0 Å². The average Bonchev–Trinajstić information content (AvgIpc) is 3.15. The monoisotopic (exact) mass is 339 g/mol. The number of hydrogen-bond donors (Lipinski definition) is 2. The molecule has 124 valence electrons. The molecule has 3 rings (SSSR count). The Labute approximate surface area is 146 Å². The van der Waals surface area contributed by atoms with Crippen molar-refractivity contribution in [3.63, 3.8) is 0 Å². The maximum atomic E-state index is 11.7. The molecule has 1 aliphatic heterocycles. The van der Waals surface area contributed by atoms with E-state index in [1.807, 2.05) is 12.1 Å². The van der Waals surface area contributed by atoms with Gasteiger partial charge in [0, 0.05) is 31.2 Å². The summed E-state index contributed by atoms with van der Waals surface area (Å²) in [7, 11) is 0. The van der Waals surface area contributed by atoms with Gasteiger partial charge in [-0.15, -0.1) is 0 Å². The molecule has 1 fully saturated rings. The van der Waals surface area contributed by atoms with Crippen LogP contribution in [0.25, 0.3) is 6.08 Å². The van der Waals surface area contributed by atoms with Crippen LogP contribution in [0.4, 0.5) is 5.69 Å². The van der Waals surface area contributed by atoms with E-state index in [2.05, 4.69) is 65.0 Å². The first kappa shape index (κ1) is 16.5. The summed E-state index contributed by atoms with van der Waals surface area (Å²) in [5.41, 5.74) is 3.38. The van der Waals surface area contributed by atoms with Gasteiger partial charge in [0.05, 0.1) is 10.3 Å². The van der Waals surface area contributed by atoms with E-state index < -0.39 is 0 Å². The fourth-order valence-corrected chi connectivity index (χ4v) is 3.57. The fraction of sp³-hybridized carbons (Fsp3) is 0.211. The number of nitrogens with one attached hydrogen (secondary N) is 2. The number of rotatable bonds is 7. The third-order valence-corrected chi connectivity index (χ3v) is 4.97. The Kier molecular flexibility index (Phi) is 5.11. The largest absolute Gasteiger partial charge is 0.383 e. The first-order chi connectivity index (χ1) is 11.6. The Balaban J connectivity index is 1.48. The number of hydrogen-bond acceptors (Lipinski definition) is 3. The highest BCUT2D eigenvalue weighted by Crippen LogP contribution is 2.28. The Morgan fingerprint density at radius 1 is 1.29 bits per heavy atom. The minimum atomic E-state index is -0.0656. The Morgan fingerprint density at radius 2 is 2.08 bits per heavy atom. The Bertz CT molecular complexity index is 748. The topological polar surface area (TPSA) is 46.1 Å². The molecule has 1 atom stereocenters. The molecule has 1 aromatic carbocycles. The molecule has 1 unspecified atom stereocenters. The highest BCUT2D eigenvalue weighted by molar-refractivity contribution is 8.04. The van der Waals surface area contributed by atoms with Crippen molar-refractivity contribution in [2.45, 2.75) is 18.2 Å². The van der Waals surface area contributed by atoms with E-state index in [9.17, 15) is 4.79 Å². The van der Waals surface area contributed by atoms with Crippen LogP contribution in [0.5, 0.6) is 0 Å². The number of amides is 1. The van der Waals surface area contributed by atoms with E-state index >= 15 is 0 Å². The van der Waals surface area contributed by atoms with Gasteiger partial charge in [0.15, 0.2) is 0 Å². The van der Waals surface area contributed by atoms with Crippen molar-refractivity contribution in [1.82, 2.24) is 9.88 Å². The first-order valence-corrected chi connectivity index (χ1v) is 8.79. The summed E-state index contributed by atoms with van der Waals surface area (Å²) in [6.45, 7) is 9.31. The van der Waals surface area contributed by atoms with Gasteiger partial charge in [-0.3, -0.25) is 4.79 Å². The van der Waals surface area contributed by atoms with Crippen LogP contribution in [0.15, 0.2) is 60.9 Å². The fourth-order valence-electron chi connectivity index (χ4n) is 2.63. The smallest absolute Gasteiger partial charge is 0.238 e. The summed E-state index contributed by atoms with van der Waals surface area (Å²) in [5.74, 6) is 0.0535. The second-order valence-electron chi connectivity index (χ2n) is 5.73. The lowest BCUT2D eigenvalue weighted by Gasteiger charge is -2.09. The molecular formula is C19H21N3OS. The summed E-state index contributed by atoms with van der Waals surface area (Å²) < 4.78 is 2.14. The molecule has 4 nitrogen and oxygen atoms in total. The predicted molar refractivity (Wildman–Crippen MR) is 102 cm³/mol. The van der Waals surface area contributed by atoms with Crippen LogP contribution >= 0.6 is 11.8 Å². The molecule has 5 heteroatoms.